The number of hydrogen-bond acceptors (Lipinski definition) is 5. The number of fused-ring (bicyclic) bond motifs is 1. The summed E-state index contributed by atoms with van der Waals surface area (Å²) in [4.78, 5) is 19.6. The molecule has 0 spiro atoms. The van der Waals surface area contributed by atoms with Crippen molar-refractivity contribution in [3.05, 3.63) is 47.9 Å². The van der Waals surface area contributed by atoms with Gasteiger partial charge in [0, 0.05) is 12.4 Å². The van der Waals surface area contributed by atoms with Gasteiger partial charge in [0.1, 0.15) is 12.0 Å². The second kappa shape index (κ2) is 5.95. The van der Waals surface area contributed by atoms with Gasteiger partial charge >= 0.3 is 12.1 Å². The van der Waals surface area contributed by atoms with E-state index in [4.69, 9.17) is 4.74 Å². The molecule has 0 aliphatic heterocycles. The maximum atomic E-state index is 12.7. The molecule has 0 fully saturated rings. The van der Waals surface area contributed by atoms with E-state index in [2.05, 4.69) is 20.2 Å². The van der Waals surface area contributed by atoms with E-state index in [0.29, 0.717) is 12.2 Å². The zero-order valence-corrected chi connectivity index (χ0v) is 12.4. The van der Waals surface area contributed by atoms with Crippen LogP contribution in [0.5, 0.6) is 0 Å². The zero-order valence-electron chi connectivity index (χ0n) is 12.4. The minimum Gasteiger partial charge on any atom is -0.451 e. The number of pyridine rings is 1. The fourth-order valence-corrected chi connectivity index (χ4v) is 2.15. The van der Waals surface area contributed by atoms with Crippen LogP contribution in [-0.4, -0.2) is 30.5 Å². The van der Waals surface area contributed by atoms with E-state index in [9.17, 15) is 18.0 Å². The summed E-state index contributed by atoms with van der Waals surface area (Å²) in [6.07, 6.45) is -1.35. The number of nitrogens with zero attached hydrogens (tertiary/aromatic N) is 4. The number of aromatic nitrogens is 5. The number of ether oxygens (including phenoxy) is 1. The topological polar surface area (TPSA) is 85.2 Å². The summed E-state index contributed by atoms with van der Waals surface area (Å²) < 4.78 is 44.5. The molecule has 3 heterocycles. The number of nitrogens with one attached hydrogen (secondary N) is 1. The SMILES string of the molecule is CCC(OC(=O)c1ccc2nc(C(F)(F)F)cn2c1)c1ncn[nH]1. The molecule has 0 bridgehead atoms. The van der Waals surface area contributed by atoms with Gasteiger partial charge in [0.2, 0.25) is 0 Å². The highest BCUT2D eigenvalue weighted by Gasteiger charge is 2.34. The lowest BCUT2D eigenvalue weighted by Crippen LogP contribution is -2.13. The van der Waals surface area contributed by atoms with Gasteiger partial charge in [0.05, 0.1) is 5.56 Å². The fourth-order valence-electron chi connectivity index (χ4n) is 2.15. The van der Waals surface area contributed by atoms with Gasteiger partial charge in [-0.2, -0.15) is 18.3 Å². The van der Waals surface area contributed by atoms with Crippen LogP contribution in [0.25, 0.3) is 5.65 Å². The minimum absolute atomic E-state index is 0.0844. The van der Waals surface area contributed by atoms with Crippen molar-refractivity contribution >= 4 is 11.6 Å². The minimum atomic E-state index is -4.55. The van der Waals surface area contributed by atoms with Gasteiger partial charge in [0.15, 0.2) is 17.6 Å². The summed E-state index contributed by atoms with van der Waals surface area (Å²) >= 11 is 0. The van der Waals surface area contributed by atoms with Crippen molar-refractivity contribution in [3.8, 4) is 0 Å². The number of hydrogen-bond donors (Lipinski definition) is 1. The highest BCUT2D eigenvalue weighted by atomic mass is 19.4. The number of halogens is 3. The summed E-state index contributed by atoms with van der Waals surface area (Å²) in [7, 11) is 0. The number of alkyl halides is 3. The van der Waals surface area contributed by atoms with Crippen LogP contribution in [0.3, 0.4) is 0 Å². The molecule has 24 heavy (non-hydrogen) atoms. The lowest BCUT2D eigenvalue weighted by molar-refractivity contribution is -0.140. The van der Waals surface area contributed by atoms with Gasteiger partial charge < -0.3 is 9.14 Å². The summed E-state index contributed by atoms with van der Waals surface area (Å²) in [5, 5.41) is 6.31. The number of rotatable bonds is 4. The van der Waals surface area contributed by atoms with Gasteiger partial charge in [0.25, 0.3) is 0 Å². The standard InChI is InChI=1S/C14H12F3N5O2/c1-2-9(12-18-7-19-21-12)24-13(23)8-3-4-11-20-10(14(15,16)17)6-22(11)5-8/h3-7,9H,2H2,1H3,(H,18,19,21). The van der Waals surface area contributed by atoms with Crippen molar-refractivity contribution in [1.82, 2.24) is 24.6 Å². The molecule has 0 saturated heterocycles. The van der Waals surface area contributed by atoms with Gasteiger partial charge in [-0.05, 0) is 18.6 Å². The first-order valence-electron chi connectivity index (χ1n) is 7.00. The Kier molecular flexibility index (Phi) is 3.96. The Balaban J connectivity index is 1.84. The molecule has 1 unspecified atom stereocenters. The Morgan fingerprint density at radius 2 is 2.17 bits per heavy atom. The summed E-state index contributed by atoms with van der Waals surface area (Å²) in [6, 6.07) is 2.68. The summed E-state index contributed by atoms with van der Waals surface area (Å²) in [5.74, 6) is -0.281. The third-order valence-corrected chi connectivity index (χ3v) is 3.34. The number of H-pyrrole nitrogens is 1. The predicted molar refractivity (Wildman–Crippen MR) is 75.0 cm³/mol. The molecule has 7 nitrogen and oxygen atoms in total. The number of carbonyl (C=O) groups is 1. The highest BCUT2D eigenvalue weighted by Crippen LogP contribution is 2.28. The molecule has 3 aromatic rings. The lowest BCUT2D eigenvalue weighted by atomic mass is 10.2. The van der Waals surface area contributed by atoms with Gasteiger partial charge in [-0.3, -0.25) is 5.10 Å². The molecule has 126 valence electrons. The van der Waals surface area contributed by atoms with E-state index in [-0.39, 0.29) is 11.2 Å². The lowest BCUT2D eigenvalue weighted by Gasteiger charge is -2.13. The largest absolute Gasteiger partial charge is 0.451 e. The first-order valence-corrected chi connectivity index (χ1v) is 7.00. The van der Waals surface area contributed by atoms with E-state index in [1.165, 1.54) is 24.7 Å². The summed E-state index contributed by atoms with van der Waals surface area (Å²) in [6.45, 7) is 1.80. The van der Waals surface area contributed by atoms with E-state index < -0.39 is 23.9 Å². The second-order valence-electron chi connectivity index (χ2n) is 4.98. The number of esters is 1. The molecule has 1 atom stereocenters. The molecular weight excluding hydrogens is 327 g/mol. The molecule has 3 aromatic heterocycles. The van der Waals surface area contributed by atoms with Crippen LogP contribution in [0.2, 0.25) is 0 Å². The van der Waals surface area contributed by atoms with Crippen molar-refractivity contribution < 1.29 is 22.7 Å². The van der Waals surface area contributed by atoms with Crippen molar-refractivity contribution in [2.24, 2.45) is 0 Å². The number of aromatic amines is 1. The monoisotopic (exact) mass is 339 g/mol. The zero-order chi connectivity index (χ0) is 17.3. The molecule has 0 amide bonds. The van der Waals surface area contributed by atoms with Crippen molar-refractivity contribution in [2.45, 2.75) is 25.6 Å². The van der Waals surface area contributed by atoms with E-state index in [1.54, 1.807) is 6.92 Å². The molecule has 0 aliphatic carbocycles. The quantitative estimate of drug-likeness (QED) is 0.739. The Morgan fingerprint density at radius 3 is 2.79 bits per heavy atom. The third kappa shape index (κ3) is 3.07. The van der Waals surface area contributed by atoms with E-state index >= 15 is 0 Å². The molecule has 0 aliphatic rings. The van der Waals surface area contributed by atoms with E-state index in [1.807, 2.05) is 0 Å². The first kappa shape index (κ1) is 16.0. The summed E-state index contributed by atoms with van der Waals surface area (Å²) in [5.41, 5.74) is -0.839. The molecule has 0 aromatic carbocycles. The van der Waals surface area contributed by atoms with Gasteiger partial charge in [-0.15, -0.1) is 0 Å². The number of imidazole rings is 1. The fraction of sp³-hybridized carbons (Fsp3) is 0.286. The highest BCUT2D eigenvalue weighted by molar-refractivity contribution is 5.89. The first-order chi connectivity index (χ1) is 11.4. The molecule has 0 radical (unpaired) electrons. The van der Waals surface area contributed by atoms with Crippen LogP contribution in [-0.2, 0) is 10.9 Å². The Hall–Kier alpha value is -2.91. The molecule has 0 saturated carbocycles. The normalized spacial score (nSPS) is 13.2. The Labute approximate surface area is 133 Å². The average molecular weight is 339 g/mol. The van der Waals surface area contributed by atoms with Crippen molar-refractivity contribution in [1.29, 1.82) is 0 Å². The maximum Gasteiger partial charge on any atom is 0.434 e. The second-order valence-corrected chi connectivity index (χ2v) is 4.98. The van der Waals surface area contributed by atoms with Crippen LogP contribution in [0.1, 0.15) is 41.3 Å². The molecular formula is C14H12F3N5O2. The van der Waals surface area contributed by atoms with Crippen LogP contribution < -0.4 is 0 Å². The third-order valence-electron chi connectivity index (χ3n) is 3.34. The van der Waals surface area contributed by atoms with Gasteiger partial charge in [-0.1, -0.05) is 6.92 Å². The van der Waals surface area contributed by atoms with E-state index in [0.717, 1.165) is 10.6 Å². The number of carbonyl (C=O) groups excluding carboxylic acids is 1. The van der Waals surface area contributed by atoms with Crippen molar-refractivity contribution in [3.63, 3.8) is 0 Å². The molecule has 10 heteroatoms. The molecule has 3 rings (SSSR count). The van der Waals surface area contributed by atoms with Gasteiger partial charge in [-0.25, -0.2) is 14.8 Å². The Morgan fingerprint density at radius 1 is 1.38 bits per heavy atom. The van der Waals surface area contributed by atoms with Crippen LogP contribution in [0, 0.1) is 0 Å². The predicted octanol–water partition coefficient (Wildman–Crippen LogP) is 2.78. The Bertz CT molecular complexity index is 857. The van der Waals surface area contributed by atoms with Crippen LogP contribution >= 0.6 is 0 Å². The smallest absolute Gasteiger partial charge is 0.434 e. The van der Waals surface area contributed by atoms with Crippen molar-refractivity contribution in [2.75, 3.05) is 0 Å². The van der Waals surface area contributed by atoms with Crippen LogP contribution in [0.4, 0.5) is 13.2 Å². The average Bonchev–Trinajstić information content (AvgIpc) is 3.20. The van der Waals surface area contributed by atoms with Crippen LogP contribution in [0.15, 0.2) is 30.9 Å². The molecule has 1 N–H and O–H groups in total. The maximum absolute atomic E-state index is 12.7.